The van der Waals surface area contributed by atoms with Crippen LogP contribution in [0.25, 0.3) is 0 Å². The Bertz CT molecular complexity index is 502. The Balaban J connectivity index is 2.09. The number of nitro groups is 1. The Labute approximate surface area is 115 Å². The van der Waals surface area contributed by atoms with Gasteiger partial charge in [0.1, 0.15) is 11.9 Å². The van der Waals surface area contributed by atoms with Crippen molar-refractivity contribution in [1.82, 2.24) is 0 Å². The van der Waals surface area contributed by atoms with E-state index in [0.29, 0.717) is 24.8 Å². The number of hydrogen-bond acceptors (Lipinski definition) is 4. The number of nitrogens with zero attached hydrogens (tertiary/aromatic N) is 1. The van der Waals surface area contributed by atoms with Crippen molar-refractivity contribution in [2.75, 3.05) is 0 Å². The van der Waals surface area contributed by atoms with Gasteiger partial charge in [0.2, 0.25) is 6.04 Å². The van der Waals surface area contributed by atoms with Crippen LogP contribution in [0.4, 0.5) is 4.39 Å². The number of halogens is 1. The van der Waals surface area contributed by atoms with Crippen LogP contribution in [0.3, 0.4) is 0 Å². The lowest BCUT2D eigenvalue weighted by Crippen LogP contribution is -2.44. The van der Waals surface area contributed by atoms with Crippen molar-refractivity contribution in [2.24, 2.45) is 5.92 Å². The molecule has 0 unspecified atom stereocenters. The molecule has 1 N–H and O–H groups in total. The van der Waals surface area contributed by atoms with Crippen molar-refractivity contribution in [3.8, 4) is 0 Å². The summed E-state index contributed by atoms with van der Waals surface area (Å²) in [6.07, 6.45) is 0.633. The lowest BCUT2D eigenvalue weighted by Gasteiger charge is -2.28. The second-order valence-electron chi connectivity index (χ2n) is 5.17. The summed E-state index contributed by atoms with van der Waals surface area (Å²) in [5.74, 6) is -1.15. The molecule has 108 valence electrons. The third-order valence-corrected chi connectivity index (χ3v) is 3.81. The minimum absolute atomic E-state index is 0.00827. The van der Waals surface area contributed by atoms with Crippen molar-refractivity contribution >= 4 is 5.78 Å². The van der Waals surface area contributed by atoms with Gasteiger partial charge in [-0.1, -0.05) is 6.42 Å². The molecule has 0 amide bonds. The highest BCUT2D eigenvalue weighted by Gasteiger charge is 2.41. The highest BCUT2D eigenvalue weighted by atomic mass is 19.1. The lowest BCUT2D eigenvalue weighted by molar-refractivity contribution is -0.547. The minimum Gasteiger partial charge on any atom is -0.386 e. The fourth-order valence-corrected chi connectivity index (χ4v) is 2.77. The van der Waals surface area contributed by atoms with Crippen LogP contribution < -0.4 is 0 Å². The van der Waals surface area contributed by atoms with Crippen molar-refractivity contribution in [2.45, 2.75) is 37.8 Å². The van der Waals surface area contributed by atoms with Crippen molar-refractivity contribution < 1.29 is 19.2 Å². The molecule has 1 saturated carbocycles. The Hall–Kier alpha value is -1.82. The minimum atomic E-state index is -1.09. The summed E-state index contributed by atoms with van der Waals surface area (Å²) in [7, 11) is 0. The largest absolute Gasteiger partial charge is 0.386 e. The molecule has 0 heterocycles. The molecule has 0 spiro atoms. The molecule has 0 aliphatic heterocycles. The number of aliphatic hydroxyl groups excluding tert-OH is 1. The average Bonchev–Trinajstić information content (AvgIpc) is 2.39. The van der Waals surface area contributed by atoms with Gasteiger partial charge in [-0.2, -0.15) is 0 Å². The molecular formula is C14H16FNO4. The lowest BCUT2D eigenvalue weighted by atomic mass is 9.79. The summed E-state index contributed by atoms with van der Waals surface area (Å²) >= 11 is 0. The first-order valence-corrected chi connectivity index (χ1v) is 6.59. The van der Waals surface area contributed by atoms with Gasteiger partial charge in [-0.25, -0.2) is 4.39 Å². The molecule has 20 heavy (non-hydrogen) atoms. The first-order valence-electron chi connectivity index (χ1n) is 6.59. The standard InChI is InChI=1S/C14H16FNO4/c15-11-6-4-9(5-7-11)13(18)8-10-2-1-3-12(17)14(10)16(19)20/h4-7,10,12,14,17H,1-3,8H2/t10-,12-,14-/m1/s1. The Morgan fingerprint density at radius 1 is 1.35 bits per heavy atom. The molecule has 3 atom stereocenters. The van der Waals surface area contributed by atoms with Gasteiger partial charge in [-0.15, -0.1) is 0 Å². The zero-order valence-electron chi connectivity index (χ0n) is 10.9. The Kier molecular flexibility index (Phi) is 4.44. The normalized spacial score (nSPS) is 26.2. The predicted octanol–water partition coefficient (Wildman–Crippen LogP) is 2.20. The highest BCUT2D eigenvalue weighted by molar-refractivity contribution is 5.96. The van der Waals surface area contributed by atoms with Gasteiger partial charge in [-0.05, 0) is 37.1 Å². The third kappa shape index (κ3) is 3.19. The van der Waals surface area contributed by atoms with Crippen LogP contribution >= 0.6 is 0 Å². The van der Waals surface area contributed by atoms with Crippen LogP contribution in [0.15, 0.2) is 24.3 Å². The summed E-state index contributed by atoms with van der Waals surface area (Å²) < 4.78 is 12.8. The first kappa shape index (κ1) is 14.6. The van der Waals surface area contributed by atoms with Gasteiger partial charge >= 0.3 is 0 Å². The fraction of sp³-hybridized carbons (Fsp3) is 0.500. The summed E-state index contributed by atoms with van der Waals surface area (Å²) in [6.45, 7) is 0. The number of carbonyl (C=O) groups excluding carboxylic acids is 1. The number of ketones is 1. The van der Waals surface area contributed by atoms with E-state index in [1.165, 1.54) is 24.3 Å². The van der Waals surface area contributed by atoms with Gasteiger partial charge in [-0.3, -0.25) is 14.9 Å². The average molecular weight is 281 g/mol. The van der Waals surface area contributed by atoms with E-state index in [4.69, 9.17) is 0 Å². The van der Waals surface area contributed by atoms with E-state index in [1.807, 2.05) is 0 Å². The molecule has 0 radical (unpaired) electrons. The molecule has 1 aliphatic rings. The van der Waals surface area contributed by atoms with Crippen LogP contribution in [0, 0.1) is 21.8 Å². The molecule has 0 saturated heterocycles. The number of rotatable bonds is 4. The molecule has 0 aromatic heterocycles. The smallest absolute Gasteiger partial charge is 0.241 e. The summed E-state index contributed by atoms with van der Waals surface area (Å²) in [5.41, 5.74) is 0.341. The SMILES string of the molecule is O=C(C[C@H]1CCC[C@@H](O)[C@@H]1[N+](=O)[O-])c1ccc(F)cc1. The molecule has 1 fully saturated rings. The quantitative estimate of drug-likeness (QED) is 0.521. The van der Waals surface area contributed by atoms with E-state index in [-0.39, 0.29) is 12.2 Å². The van der Waals surface area contributed by atoms with E-state index in [2.05, 4.69) is 0 Å². The highest BCUT2D eigenvalue weighted by Crippen LogP contribution is 2.30. The van der Waals surface area contributed by atoms with Gasteiger partial charge in [0.05, 0.1) is 0 Å². The van der Waals surface area contributed by atoms with Crippen LogP contribution in [0.1, 0.15) is 36.0 Å². The number of Topliss-reactive ketones (excluding diaryl/α,β-unsaturated/α-hetero) is 1. The molecule has 5 nitrogen and oxygen atoms in total. The van der Waals surface area contributed by atoms with Crippen LogP contribution in [-0.4, -0.2) is 28.0 Å². The van der Waals surface area contributed by atoms with Gasteiger partial charge in [0.15, 0.2) is 5.78 Å². The zero-order chi connectivity index (χ0) is 14.7. The fourth-order valence-electron chi connectivity index (χ4n) is 2.77. The molecule has 1 aromatic rings. The summed E-state index contributed by atoms with van der Waals surface area (Å²) in [6, 6.07) is 4.03. The zero-order valence-corrected chi connectivity index (χ0v) is 10.9. The Morgan fingerprint density at radius 3 is 2.60 bits per heavy atom. The van der Waals surface area contributed by atoms with E-state index >= 15 is 0 Å². The maximum Gasteiger partial charge on any atom is 0.241 e. The van der Waals surface area contributed by atoms with Crippen molar-refractivity contribution in [3.63, 3.8) is 0 Å². The third-order valence-electron chi connectivity index (χ3n) is 3.81. The molecule has 1 aliphatic carbocycles. The molecule has 1 aromatic carbocycles. The number of benzene rings is 1. The maximum atomic E-state index is 12.8. The summed E-state index contributed by atoms with van der Waals surface area (Å²) in [4.78, 5) is 22.6. The Morgan fingerprint density at radius 2 is 2.00 bits per heavy atom. The van der Waals surface area contributed by atoms with E-state index < -0.39 is 28.8 Å². The molecule has 6 heteroatoms. The predicted molar refractivity (Wildman–Crippen MR) is 69.5 cm³/mol. The second kappa shape index (κ2) is 6.09. The van der Waals surface area contributed by atoms with Gasteiger partial charge in [0.25, 0.3) is 0 Å². The van der Waals surface area contributed by atoms with Crippen LogP contribution in [0.2, 0.25) is 0 Å². The maximum absolute atomic E-state index is 12.8. The second-order valence-corrected chi connectivity index (χ2v) is 5.17. The first-order chi connectivity index (χ1) is 9.49. The molecule has 0 bridgehead atoms. The number of hydrogen-bond donors (Lipinski definition) is 1. The van der Waals surface area contributed by atoms with Gasteiger partial charge < -0.3 is 5.11 Å². The number of aliphatic hydroxyl groups is 1. The summed E-state index contributed by atoms with van der Waals surface area (Å²) in [5, 5.41) is 20.7. The van der Waals surface area contributed by atoms with Crippen molar-refractivity contribution in [3.05, 3.63) is 45.8 Å². The number of carbonyl (C=O) groups is 1. The van der Waals surface area contributed by atoms with Crippen LogP contribution in [-0.2, 0) is 0 Å². The van der Waals surface area contributed by atoms with Gasteiger partial charge in [0, 0.05) is 22.8 Å². The monoisotopic (exact) mass is 281 g/mol. The topological polar surface area (TPSA) is 80.4 Å². The van der Waals surface area contributed by atoms with Crippen LogP contribution in [0.5, 0.6) is 0 Å². The van der Waals surface area contributed by atoms with E-state index in [9.17, 15) is 24.4 Å². The van der Waals surface area contributed by atoms with Crippen molar-refractivity contribution in [1.29, 1.82) is 0 Å². The molecule has 2 rings (SSSR count). The van der Waals surface area contributed by atoms with E-state index in [1.54, 1.807) is 0 Å². The van der Waals surface area contributed by atoms with E-state index in [0.717, 1.165) is 0 Å². The molecular weight excluding hydrogens is 265 g/mol.